The van der Waals surface area contributed by atoms with Gasteiger partial charge in [0.05, 0.1) is 11.6 Å². The summed E-state index contributed by atoms with van der Waals surface area (Å²) in [6.45, 7) is 3.52. The zero-order chi connectivity index (χ0) is 16.0. The van der Waals surface area contributed by atoms with Crippen LogP contribution in [0.25, 0.3) is 0 Å². The van der Waals surface area contributed by atoms with E-state index in [1.807, 2.05) is 12.1 Å². The quantitative estimate of drug-likeness (QED) is 0.897. The van der Waals surface area contributed by atoms with Gasteiger partial charge in [0.1, 0.15) is 6.54 Å². The van der Waals surface area contributed by atoms with Crippen molar-refractivity contribution in [1.29, 1.82) is 5.26 Å². The Kier molecular flexibility index (Phi) is 5.73. The molecule has 0 unspecified atom stereocenters. The van der Waals surface area contributed by atoms with Crippen molar-refractivity contribution in [2.45, 2.75) is 26.4 Å². The number of hydrogen-bond donors (Lipinski definition) is 1. The number of hydrogen-bond acceptors (Lipinski definition) is 3. The Morgan fingerprint density at radius 1 is 1.38 bits per heavy atom. The van der Waals surface area contributed by atoms with Crippen LogP contribution in [0.2, 0.25) is 0 Å². The number of carboxylic acid groups (broad SMARTS) is 1. The van der Waals surface area contributed by atoms with E-state index in [0.29, 0.717) is 12.1 Å². The number of nitrogens with zero attached hydrogens (tertiary/aromatic N) is 3. The molecule has 0 aliphatic carbocycles. The fourth-order valence-corrected chi connectivity index (χ4v) is 1.92. The number of carbonyl (C=O) groups is 2. The second-order valence-electron chi connectivity index (χ2n) is 5.07. The number of carboxylic acids is 1. The first-order valence-electron chi connectivity index (χ1n) is 6.57. The zero-order valence-corrected chi connectivity index (χ0v) is 12.4. The molecule has 0 heterocycles. The molecule has 0 atom stereocenters. The lowest BCUT2D eigenvalue weighted by Gasteiger charge is -2.30. The normalized spacial score (nSPS) is 10.0. The molecular weight excluding hydrogens is 270 g/mol. The highest BCUT2D eigenvalue weighted by Crippen LogP contribution is 2.10. The molecular formula is C15H19N3O3. The lowest BCUT2D eigenvalue weighted by molar-refractivity contribution is -0.138. The highest BCUT2D eigenvalue weighted by Gasteiger charge is 2.23. The summed E-state index contributed by atoms with van der Waals surface area (Å²) < 4.78 is 0. The molecule has 21 heavy (non-hydrogen) atoms. The van der Waals surface area contributed by atoms with Gasteiger partial charge in [-0.25, -0.2) is 4.79 Å². The minimum atomic E-state index is -1.04. The Hall–Kier alpha value is -2.55. The molecule has 0 spiro atoms. The first-order valence-corrected chi connectivity index (χ1v) is 6.57. The van der Waals surface area contributed by atoms with Crippen molar-refractivity contribution in [1.82, 2.24) is 9.80 Å². The lowest BCUT2D eigenvalue weighted by atomic mass is 10.1. The third kappa shape index (κ3) is 4.80. The van der Waals surface area contributed by atoms with Crippen molar-refractivity contribution in [2.75, 3.05) is 13.6 Å². The topological polar surface area (TPSA) is 84.6 Å². The molecule has 0 fully saturated rings. The Labute approximate surface area is 124 Å². The molecule has 2 amide bonds. The van der Waals surface area contributed by atoms with E-state index < -0.39 is 5.97 Å². The second-order valence-corrected chi connectivity index (χ2v) is 5.07. The molecule has 1 aromatic carbocycles. The molecule has 1 aromatic rings. The smallest absolute Gasteiger partial charge is 0.323 e. The summed E-state index contributed by atoms with van der Waals surface area (Å²) in [5.74, 6) is -1.04. The number of benzene rings is 1. The van der Waals surface area contributed by atoms with Gasteiger partial charge in [0.25, 0.3) is 0 Å². The van der Waals surface area contributed by atoms with Gasteiger partial charge in [-0.2, -0.15) is 5.26 Å². The van der Waals surface area contributed by atoms with E-state index in [1.54, 1.807) is 39.1 Å². The molecule has 1 N–H and O–H groups in total. The predicted molar refractivity (Wildman–Crippen MR) is 77.5 cm³/mol. The minimum Gasteiger partial charge on any atom is -0.480 e. The second kappa shape index (κ2) is 7.29. The zero-order valence-electron chi connectivity index (χ0n) is 12.4. The third-order valence-electron chi connectivity index (χ3n) is 2.98. The van der Waals surface area contributed by atoms with Crippen molar-refractivity contribution < 1.29 is 14.7 Å². The van der Waals surface area contributed by atoms with Gasteiger partial charge in [0.2, 0.25) is 0 Å². The standard InChI is InChI=1S/C15H19N3O3/c1-11(2)18(10-14(19)20)15(21)17(3)9-13-6-4-5-12(7-13)8-16/h4-7,11H,9-10H2,1-3H3,(H,19,20). The third-order valence-corrected chi connectivity index (χ3v) is 2.98. The fourth-order valence-electron chi connectivity index (χ4n) is 1.92. The van der Waals surface area contributed by atoms with Crippen molar-refractivity contribution in [3.05, 3.63) is 35.4 Å². The van der Waals surface area contributed by atoms with Crippen LogP contribution < -0.4 is 0 Å². The van der Waals surface area contributed by atoms with Crippen molar-refractivity contribution in [2.24, 2.45) is 0 Å². The van der Waals surface area contributed by atoms with Crippen LogP contribution in [0.1, 0.15) is 25.0 Å². The van der Waals surface area contributed by atoms with Gasteiger partial charge in [-0.3, -0.25) is 4.79 Å². The maximum atomic E-state index is 12.3. The van der Waals surface area contributed by atoms with Gasteiger partial charge in [0.15, 0.2) is 0 Å². The summed E-state index contributed by atoms with van der Waals surface area (Å²) in [5.41, 5.74) is 1.35. The summed E-state index contributed by atoms with van der Waals surface area (Å²) >= 11 is 0. The van der Waals surface area contributed by atoms with Crippen LogP contribution in [0.4, 0.5) is 4.79 Å². The number of urea groups is 1. The van der Waals surface area contributed by atoms with Crippen LogP contribution in [0.15, 0.2) is 24.3 Å². The average Bonchev–Trinajstić information content (AvgIpc) is 2.43. The largest absolute Gasteiger partial charge is 0.480 e. The number of aliphatic carboxylic acids is 1. The average molecular weight is 289 g/mol. The molecule has 0 aliphatic rings. The van der Waals surface area contributed by atoms with Crippen molar-refractivity contribution in [3.63, 3.8) is 0 Å². The molecule has 0 aromatic heterocycles. The van der Waals surface area contributed by atoms with E-state index in [-0.39, 0.29) is 18.6 Å². The lowest BCUT2D eigenvalue weighted by Crippen LogP contribution is -2.46. The van der Waals surface area contributed by atoms with E-state index in [4.69, 9.17) is 10.4 Å². The molecule has 112 valence electrons. The highest BCUT2D eigenvalue weighted by atomic mass is 16.4. The summed E-state index contributed by atoms with van der Waals surface area (Å²) in [7, 11) is 1.61. The van der Waals surface area contributed by atoms with Gasteiger partial charge in [0, 0.05) is 19.6 Å². The van der Waals surface area contributed by atoms with Gasteiger partial charge in [-0.05, 0) is 31.5 Å². The number of amides is 2. The van der Waals surface area contributed by atoms with Crippen LogP contribution >= 0.6 is 0 Å². The fraction of sp³-hybridized carbons (Fsp3) is 0.400. The maximum Gasteiger partial charge on any atom is 0.323 e. The van der Waals surface area contributed by atoms with Crippen LogP contribution in [-0.2, 0) is 11.3 Å². The number of nitriles is 1. The minimum absolute atomic E-state index is 0.207. The summed E-state index contributed by atoms with van der Waals surface area (Å²) in [6, 6.07) is 8.46. The molecule has 0 bridgehead atoms. The van der Waals surface area contributed by atoms with Crippen LogP contribution in [0, 0.1) is 11.3 Å². The Morgan fingerprint density at radius 3 is 2.57 bits per heavy atom. The van der Waals surface area contributed by atoms with E-state index in [9.17, 15) is 9.59 Å². The summed E-state index contributed by atoms with van der Waals surface area (Å²) in [5, 5.41) is 17.7. The van der Waals surface area contributed by atoms with Crippen molar-refractivity contribution in [3.8, 4) is 6.07 Å². The maximum absolute atomic E-state index is 12.3. The molecule has 0 radical (unpaired) electrons. The Balaban J connectivity index is 2.81. The molecule has 6 heteroatoms. The van der Waals surface area contributed by atoms with Crippen LogP contribution in [0.3, 0.4) is 0 Å². The first-order chi connectivity index (χ1) is 9.85. The van der Waals surface area contributed by atoms with Gasteiger partial charge in [-0.15, -0.1) is 0 Å². The SMILES string of the molecule is CC(C)N(CC(=O)O)C(=O)N(C)Cc1cccc(C#N)c1. The molecule has 0 saturated carbocycles. The van der Waals surface area contributed by atoms with Crippen molar-refractivity contribution >= 4 is 12.0 Å². The van der Waals surface area contributed by atoms with E-state index >= 15 is 0 Å². The van der Waals surface area contributed by atoms with E-state index in [0.717, 1.165) is 5.56 Å². The molecule has 1 rings (SSSR count). The molecule has 0 saturated heterocycles. The number of rotatable bonds is 5. The Bertz CT molecular complexity index is 564. The predicted octanol–water partition coefficient (Wildman–Crippen LogP) is 1.91. The summed E-state index contributed by atoms with van der Waals surface area (Å²) in [6.07, 6.45) is 0. The van der Waals surface area contributed by atoms with Crippen LogP contribution in [0.5, 0.6) is 0 Å². The molecule has 6 nitrogen and oxygen atoms in total. The number of carbonyl (C=O) groups excluding carboxylic acids is 1. The Morgan fingerprint density at radius 2 is 2.05 bits per heavy atom. The van der Waals surface area contributed by atoms with E-state index in [1.165, 1.54) is 9.80 Å². The van der Waals surface area contributed by atoms with Gasteiger partial charge in [-0.1, -0.05) is 12.1 Å². The highest BCUT2D eigenvalue weighted by molar-refractivity contribution is 5.80. The van der Waals surface area contributed by atoms with Gasteiger partial charge < -0.3 is 14.9 Å². The first kappa shape index (κ1) is 16.5. The summed E-state index contributed by atoms with van der Waals surface area (Å²) in [4.78, 5) is 25.9. The van der Waals surface area contributed by atoms with Crippen LogP contribution in [-0.4, -0.2) is 46.5 Å². The molecule has 0 aliphatic heterocycles. The monoisotopic (exact) mass is 289 g/mol. The van der Waals surface area contributed by atoms with E-state index in [2.05, 4.69) is 0 Å². The van der Waals surface area contributed by atoms with Gasteiger partial charge >= 0.3 is 12.0 Å².